The van der Waals surface area contributed by atoms with Gasteiger partial charge in [-0.25, -0.2) is 0 Å². The number of ketones is 1. The number of ether oxygens (including phenoxy) is 1. The number of amides is 1. The zero-order valence-corrected chi connectivity index (χ0v) is 13.5. The van der Waals surface area contributed by atoms with Crippen LogP contribution < -0.4 is 4.74 Å². The van der Waals surface area contributed by atoms with Crippen LogP contribution in [0.15, 0.2) is 18.2 Å². The maximum atomic E-state index is 12.2. The van der Waals surface area contributed by atoms with Crippen LogP contribution in [0.25, 0.3) is 0 Å². The first-order chi connectivity index (χ1) is 11.7. The Hall–Kier alpha value is -2.86. The summed E-state index contributed by atoms with van der Waals surface area (Å²) < 4.78 is 5.54. The number of hydrogen-bond acceptors (Lipinski definition) is 5. The normalized spacial score (nSPS) is 12.7. The number of benzene rings is 1. The van der Waals surface area contributed by atoms with Crippen molar-refractivity contribution in [3.8, 4) is 17.9 Å². The molecule has 1 aromatic rings. The number of carbonyl (C=O) groups excluding carboxylic acids is 2. The van der Waals surface area contributed by atoms with E-state index < -0.39 is 0 Å². The summed E-state index contributed by atoms with van der Waals surface area (Å²) in [4.78, 5) is 25.5. The summed E-state index contributed by atoms with van der Waals surface area (Å²) in [6.07, 6.45) is 2.70. The van der Waals surface area contributed by atoms with Gasteiger partial charge >= 0.3 is 0 Å². The van der Waals surface area contributed by atoms with Gasteiger partial charge in [-0.2, -0.15) is 10.5 Å². The Morgan fingerprint density at radius 3 is 2.54 bits per heavy atom. The molecule has 0 spiro atoms. The second kappa shape index (κ2) is 8.69. The van der Waals surface area contributed by atoms with E-state index in [4.69, 9.17) is 15.3 Å². The van der Waals surface area contributed by atoms with Gasteiger partial charge in [0.15, 0.2) is 12.4 Å². The molecule has 0 N–H and O–H groups in total. The monoisotopic (exact) mass is 325 g/mol. The first-order valence-corrected chi connectivity index (χ1v) is 7.96. The fourth-order valence-corrected chi connectivity index (χ4v) is 2.68. The number of hydrogen-bond donors (Lipinski definition) is 0. The highest BCUT2D eigenvalue weighted by Gasteiger charge is 2.18. The van der Waals surface area contributed by atoms with Gasteiger partial charge in [-0.3, -0.25) is 9.59 Å². The molecule has 0 fully saturated rings. The molecule has 0 aliphatic heterocycles. The van der Waals surface area contributed by atoms with Crippen molar-refractivity contribution in [2.24, 2.45) is 0 Å². The Bertz CT molecular complexity index is 682. The number of Topliss-reactive ketones (excluding diaryl/α,β-unsaturated/α-hetero) is 1. The number of nitrogens with zero attached hydrogens (tertiary/aromatic N) is 3. The van der Waals surface area contributed by atoms with Gasteiger partial charge in [0.1, 0.15) is 5.75 Å². The van der Waals surface area contributed by atoms with Crippen molar-refractivity contribution < 1.29 is 14.3 Å². The van der Waals surface area contributed by atoms with Crippen LogP contribution in [0, 0.1) is 22.7 Å². The molecule has 0 aromatic heterocycles. The number of fused-ring (bicyclic) bond motifs is 1. The smallest absolute Gasteiger partial charge is 0.260 e. The van der Waals surface area contributed by atoms with E-state index in [0.717, 1.165) is 24.0 Å². The molecule has 2 rings (SSSR count). The molecule has 0 bridgehead atoms. The highest BCUT2D eigenvalue weighted by atomic mass is 16.5. The zero-order valence-electron chi connectivity index (χ0n) is 13.5. The van der Waals surface area contributed by atoms with Gasteiger partial charge in [0, 0.05) is 25.1 Å². The number of aryl methyl sites for hydroxylation is 1. The van der Waals surface area contributed by atoms with E-state index in [1.807, 2.05) is 18.2 Å². The van der Waals surface area contributed by atoms with E-state index in [2.05, 4.69) is 0 Å². The van der Waals surface area contributed by atoms with Gasteiger partial charge in [-0.15, -0.1) is 0 Å². The summed E-state index contributed by atoms with van der Waals surface area (Å²) in [6.45, 7) is 0.432. The van der Waals surface area contributed by atoms with E-state index in [9.17, 15) is 9.59 Å². The fraction of sp³-hybridized carbons (Fsp3) is 0.444. The average molecular weight is 325 g/mol. The molecule has 6 nitrogen and oxygen atoms in total. The molecule has 1 aliphatic carbocycles. The quantitative estimate of drug-likeness (QED) is 0.766. The van der Waals surface area contributed by atoms with Gasteiger partial charge < -0.3 is 9.64 Å². The first kappa shape index (κ1) is 17.5. The van der Waals surface area contributed by atoms with Crippen LogP contribution in [0.5, 0.6) is 5.75 Å². The molecular weight excluding hydrogens is 306 g/mol. The van der Waals surface area contributed by atoms with Crippen LogP contribution in [-0.4, -0.2) is 36.3 Å². The molecular formula is C18H19N3O3. The van der Waals surface area contributed by atoms with E-state index in [0.29, 0.717) is 25.3 Å². The summed E-state index contributed by atoms with van der Waals surface area (Å²) in [5, 5.41) is 17.3. The minimum absolute atomic E-state index is 0.149. The second-order valence-electron chi connectivity index (χ2n) is 5.58. The third-order valence-electron chi connectivity index (χ3n) is 3.93. The summed E-state index contributed by atoms with van der Waals surface area (Å²) in [5.74, 6) is 0.449. The highest BCUT2D eigenvalue weighted by molar-refractivity contribution is 5.98. The van der Waals surface area contributed by atoms with Crippen molar-refractivity contribution in [1.29, 1.82) is 10.5 Å². The number of rotatable bonds is 7. The third kappa shape index (κ3) is 4.57. The maximum Gasteiger partial charge on any atom is 0.260 e. The molecule has 0 unspecified atom stereocenters. The lowest BCUT2D eigenvalue weighted by Crippen LogP contribution is -2.36. The van der Waals surface area contributed by atoms with Crippen molar-refractivity contribution in [3.63, 3.8) is 0 Å². The SMILES string of the molecule is N#CCCN(CCC#N)C(=O)COc1ccc2c(c1)CCCC2=O. The number of carbonyl (C=O) groups is 2. The Morgan fingerprint density at radius 1 is 1.17 bits per heavy atom. The Kier molecular flexibility index (Phi) is 6.33. The minimum atomic E-state index is -0.255. The molecule has 1 amide bonds. The van der Waals surface area contributed by atoms with Gasteiger partial charge in [-0.05, 0) is 36.6 Å². The van der Waals surface area contributed by atoms with Crippen molar-refractivity contribution >= 4 is 11.7 Å². The van der Waals surface area contributed by atoms with Crippen molar-refractivity contribution in [2.75, 3.05) is 19.7 Å². The molecule has 0 atom stereocenters. The molecule has 124 valence electrons. The second-order valence-corrected chi connectivity index (χ2v) is 5.58. The summed E-state index contributed by atoms with van der Waals surface area (Å²) >= 11 is 0. The molecule has 0 saturated heterocycles. The van der Waals surface area contributed by atoms with E-state index >= 15 is 0 Å². The number of nitriles is 2. The average Bonchev–Trinajstić information content (AvgIpc) is 2.60. The van der Waals surface area contributed by atoms with E-state index in [1.165, 1.54) is 4.90 Å². The molecule has 0 radical (unpaired) electrons. The van der Waals surface area contributed by atoms with Gasteiger partial charge in [0.2, 0.25) is 0 Å². The Morgan fingerprint density at radius 2 is 1.88 bits per heavy atom. The molecule has 0 saturated carbocycles. The Balaban J connectivity index is 1.96. The highest BCUT2D eigenvalue weighted by Crippen LogP contribution is 2.25. The van der Waals surface area contributed by atoms with Gasteiger partial charge in [0.25, 0.3) is 5.91 Å². The maximum absolute atomic E-state index is 12.2. The van der Waals surface area contributed by atoms with Crippen molar-refractivity contribution in [1.82, 2.24) is 4.90 Å². The minimum Gasteiger partial charge on any atom is -0.484 e. The summed E-state index contributed by atoms with van der Waals surface area (Å²) in [5.41, 5.74) is 1.70. The first-order valence-electron chi connectivity index (χ1n) is 7.96. The van der Waals surface area contributed by atoms with Crippen LogP contribution in [-0.2, 0) is 11.2 Å². The predicted octanol–water partition coefficient (Wildman–Crippen LogP) is 2.24. The van der Waals surface area contributed by atoms with Crippen molar-refractivity contribution in [2.45, 2.75) is 32.1 Å². The van der Waals surface area contributed by atoms with Crippen LogP contribution >= 0.6 is 0 Å². The third-order valence-corrected chi connectivity index (χ3v) is 3.93. The molecule has 0 heterocycles. The standard InChI is InChI=1S/C18H19N3O3/c19-8-2-10-21(11-3-9-20)18(23)13-24-15-6-7-16-14(12-15)4-1-5-17(16)22/h6-7,12H,1-5,10-11,13H2. The molecule has 1 aliphatic rings. The van der Waals surface area contributed by atoms with Gasteiger partial charge in [-0.1, -0.05) is 0 Å². The lowest BCUT2D eigenvalue weighted by Gasteiger charge is -2.21. The lowest BCUT2D eigenvalue weighted by atomic mass is 9.91. The molecule has 6 heteroatoms. The van der Waals surface area contributed by atoms with Crippen molar-refractivity contribution in [3.05, 3.63) is 29.3 Å². The van der Waals surface area contributed by atoms with Crippen LogP contribution in [0.3, 0.4) is 0 Å². The van der Waals surface area contributed by atoms with Crippen LogP contribution in [0.4, 0.5) is 0 Å². The largest absolute Gasteiger partial charge is 0.484 e. The summed E-state index contributed by atoms with van der Waals surface area (Å²) in [6, 6.07) is 9.25. The van der Waals surface area contributed by atoms with E-state index in [-0.39, 0.29) is 31.1 Å². The molecule has 24 heavy (non-hydrogen) atoms. The predicted molar refractivity (Wildman–Crippen MR) is 86.2 cm³/mol. The lowest BCUT2D eigenvalue weighted by molar-refractivity contribution is -0.133. The summed E-state index contributed by atoms with van der Waals surface area (Å²) in [7, 11) is 0. The fourth-order valence-electron chi connectivity index (χ4n) is 2.68. The van der Waals surface area contributed by atoms with Crippen LogP contribution in [0.2, 0.25) is 0 Å². The van der Waals surface area contributed by atoms with E-state index in [1.54, 1.807) is 12.1 Å². The molecule has 1 aromatic carbocycles. The van der Waals surface area contributed by atoms with Crippen LogP contribution in [0.1, 0.15) is 41.6 Å². The zero-order chi connectivity index (χ0) is 17.4. The Labute approximate surface area is 141 Å². The topological polar surface area (TPSA) is 94.2 Å². The van der Waals surface area contributed by atoms with Gasteiger partial charge in [0.05, 0.1) is 25.0 Å².